The van der Waals surface area contributed by atoms with E-state index in [4.69, 9.17) is 23.8 Å². The molecule has 0 fully saturated rings. The molecule has 4 heterocycles. The first kappa shape index (κ1) is 32.4. The van der Waals surface area contributed by atoms with E-state index in [1.165, 1.54) is 0 Å². The second-order valence-electron chi connectivity index (χ2n) is 14.7. The van der Waals surface area contributed by atoms with Crippen LogP contribution in [0, 0.1) is 0 Å². The van der Waals surface area contributed by atoms with Crippen molar-refractivity contribution in [1.29, 1.82) is 0 Å². The van der Waals surface area contributed by atoms with E-state index in [9.17, 15) is 0 Å². The third-order valence-corrected chi connectivity index (χ3v) is 11.3. The Morgan fingerprint density at radius 2 is 0.948 bits per heavy atom. The zero-order valence-electron chi connectivity index (χ0n) is 31.1. The fraction of sp³-hybridized carbons (Fsp3) is 0. The molecule has 4 aromatic heterocycles. The minimum atomic E-state index is 0.618. The van der Waals surface area contributed by atoms with E-state index in [1.54, 1.807) is 0 Å². The molecule has 58 heavy (non-hydrogen) atoms. The number of furan rings is 2. The van der Waals surface area contributed by atoms with Crippen molar-refractivity contribution in [3.8, 4) is 56.3 Å². The molecule has 0 atom stereocenters. The first-order valence-electron chi connectivity index (χ1n) is 19.4. The van der Waals surface area contributed by atoms with Crippen molar-refractivity contribution in [2.24, 2.45) is 0 Å². The third-order valence-electron chi connectivity index (χ3n) is 11.3. The van der Waals surface area contributed by atoms with E-state index >= 15 is 0 Å². The van der Waals surface area contributed by atoms with Crippen LogP contribution in [0.15, 0.2) is 197 Å². The van der Waals surface area contributed by atoms with Crippen molar-refractivity contribution in [3.63, 3.8) is 0 Å². The molecule has 12 rings (SSSR count). The highest BCUT2D eigenvalue weighted by Gasteiger charge is 2.19. The van der Waals surface area contributed by atoms with Gasteiger partial charge in [-0.25, -0.2) is 15.0 Å². The maximum absolute atomic E-state index is 6.52. The number of hydrogen-bond acceptors (Lipinski definition) is 5. The number of fused-ring (bicyclic) bond motifs is 10. The summed E-state index contributed by atoms with van der Waals surface area (Å²) in [4.78, 5) is 15.5. The fourth-order valence-corrected chi connectivity index (χ4v) is 8.53. The highest BCUT2D eigenvalue weighted by atomic mass is 16.3. The highest BCUT2D eigenvalue weighted by Crippen LogP contribution is 2.43. The second-order valence-corrected chi connectivity index (χ2v) is 14.7. The molecule has 12 aromatic rings. The Balaban J connectivity index is 0.995. The minimum Gasteiger partial charge on any atom is -0.456 e. The number of rotatable bonds is 5. The lowest BCUT2D eigenvalue weighted by Crippen LogP contribution is -1.96. The zero-order valence-corrected chi connectivity index (χ0v) is 31.1. The Morgan fingerprint density at radius 3 is 1.76 bits per heavy atom. The van der Waals surface area contributed by atoms with Crippen LogP contribution in [0.4, 0.5) is 0 Å². The van der Waals surface area contributed by atoms with E-state index < -0.39 is 0 Å². The van der Waals surface area contributed by atoms with Crippen LogP contribution in [-0.4, -0.2) is 15.0 Å². The lowest BCUT2D eigenvalue weighted by Gasteiger charge is -2.11. The van der Waals surface area contributed by atoms with Crippen LogP contribution in [0.3, 0.4) is 0 Å². The molecule has 0 aliphatic rings. The molecule has 0 radical (unpaired) electrons. The summed E-state index contributed by atoms with van der Waals surface area (Å²) >= 11 is 0. The average molecular weight is 742 g/mol. The maximum atomic E-state index is 6.52. The van der Waals surface area contributed by atoms with Crippen molar-refractivity contribution < 1.29 is 8.83 Å². The van der Waals surface area contributed by atoms with Crippen LogP contribution < -0.4 is 0 Å². The Hall–Kier alpha value is -7.89. The Labute approximate surface area is 332 Å². The molecular weight excluding hydrogens is 711 g/mol. The summed E-state index contributed by atoms with van der Waals surface area (Å²) < 4.78 is 12.9. The van der Waals surface area contributed by atoms with Gasteiger partial charge in [-0.1, -0.05) is 140 Å². The Morgan fingerprint density at radius 1 is 0.328 bits per heavy atom. The molecule has 0 aliphatic heterocycles. The van der Waals surface area contributed by atoms with Gasteiger partial charge in [0.2, 0.25) is 0 Å². The molecule has 0 unspecified atom stereocenters. The first-order valence-corrected chi connectivity index (χ1v) is 19.4. The van der Waals surface area contributed by atoms with Crippen molar-refractivity contribution in [2.75, 3.05) is 0 Å². The zero-order chi connectivity index (χ0) is 38.2. The van der Waals surface area contributed by atoms with Crippen LogP contribution in [0.5, 0.6) is 0 Å². The van der Waals surface area contributed by atoms with Gasteiger partial charge in [-0.2, -0.15) is 0 Å². The number of hydrogen-bond donors (Lipinski definition) is 0. The number of pyridine rings is 1. The summed E-state index contributed by atoms with van der Waals surface area (Å²) in [7, 11) is 0. The van der Waals surface area contributed by atoms with Gasteiger partial charge in [0.1, 0.15) is 22.3 Å². The molecular formula is C53H31N3O2. The largest absolute Gasteiger partial charge is 0.456 e. The summed E-state index contributed by atoms with van der Waals surface area (Å²) in [5.41, 5.74) is 13.1. The third kappa shape index (κ3) is 5.14. The van der Waals surface area contributed by atoms with Crippen LogP contribution >= 0.6 is 0 Å². The molecule has 8 aromatic carbocycles. The van der Waals surface area contributed by atoms with Gasteiger partial charge < -0.3 is 8.83 Å². The van der Waals surface area contributed by atoms with Crippen molar-refractivity contribution in [2.45, 2.75) is 0 Å². The van der Waals surface area contributed by atoms with E-state index in [-0.39, 0.29) is 0 Å². The van der Waals surface area contributed by atoms with Crippen LogP contribution in [0.2, 0.25) is 0 Å². The summed E-state index contributed by atoms with van der Waals surface area (Å²) in [6.07, 6.45) is 0. The number of nitrogens with zero attached hydrogens (tertiary/aromatic N) is 3. The summed E-state index contributed by atoms with van der Waals surface area (Å²) in [6.45, 7) is 0. The molecule has 270 valence electrons. The summed E-state index contributed by atoms with van der Waals surface area (Å²) in [6, 6.07) is 64.9. The average Bonchev–Trinajstić information content (AvgIpc) is 3.87. The molecule has 0 amide bonds. The van der Waals surface area contributed by atoms with E-state index in [0.717, 1.165) is 116 Å². The Bertz CT molecular complexity index is 3550. The van der Waals surface area contributed by atoms with Crippen LogP contribution in [-0.2, 0) is 0 Å². The van der Waals surface area contributed by atoms with E-state index in [1.807, 2.05) is 48.5 Å². The summed E-state index contributed by atoms with van der Waals surface area (Å²) in [5.74, 6) is 0.618. The van der Waals surface area contributed by atoms with Gasteiger partial charge in [-0.3, -0.25) is 0 Å². The maximum Gasteiger partial charge on any atom is 0.164 e. The monoisotopic (exact) mass is 741 g/mol. The smallest absolute Gasteiger partial charge is 0.164 e. The van der Waals surface area contributed by atoms with E-state index in [0.29, 0.717) is 5.82 Å². The van der Waals surface area contributed by atoms with Gasteiger partial charge in [0.15, 0.2) is 5.82 Å². The topological polar surface area (TPSA) is 65.0 Å². The Kier molecular flexibility index (Phi) is 7.16. The number of para-hydroxylation sites is 3. The van der Waals surface area contributed by atoms with Crippen LogP contribution in [0.1, 0.15) is 0 Å². The predicted octanol–water partition coefficient (Wildman–Crippen LogP) is 14.3. The van der Waals surface area contributed by atoms with Crippen molar-refractivity contribution in [1.82, 2.24) is 15.0 Å². The van der Waals surface area contributed by atoms with Gasteiger partial charge in [0.05, 0.1) is 28.2 Å². The highest BCUT2D eigenvalue weighted by molar-refractivity contribution is 6.28. The van der Waals surface area contributed by atoms with Crippen molar-refractivity contribution >= 4 is 65.6 Å². The molecule has 5 heteroatoms. The van der Waals surface area contributed by atoms with E-state index in [2.05, 4.69) is 140 Å². The van der Waals surface area contributed by atoms with Gasteiger partial charge >= 0.3 is 0 Å². The predicted molar refractivity (Wildman–Crippen MR) is 237 cm³/mol. The standard InChI is InChI=1S/C53H31N3O2/c1-3-12-33(13-4-1)44-31-45(56-53(55-44)41-19-11-18-38-37-16-8-10-21-46(37)58-52(38)41)34-24-22-32(23-25-34)36-26-28-47-42(30-36)50-48(57-47)29-27-40-49(50)39-17-7-9-20-43(39)54-51(40)35-14-5-2-6-15-35/h1-31H. The molecule has 0 bridgehead atoms. The molecule has 0 N–H and O–H groups in total. The van der Waals surface area contributed by atoms with Gasteiger partial charge in [-0.15, -0.1) is 0 Å². The molecule has 0 aliphatic carbocycles. The lowest BCUT2D eigenvalue weighted by atomic mass is 9.95. The van der Waals surface area contributed by atoms with Gasteiger partial charge in [0, 0.05) is 54.4 Å². The van der Waals surface area contributed by atoms with Crippen LogP contribution in [0.25, 0.3) is 122 Å². The fourth-order valence-electron chi connectivity index (χ4n) is 8.53. The quantitative estimate of drug-likeness (QED) is 0.164. The second kappa shape index (κ2) is 12.8. The normalized spacial score (nSPS) is 11.8. The molecule has 5 nitrogen and oxygen atoms in total. The summed E-state index contributed by atoms with van der Waals surface area (Å²) in [5, 5.41) is 7.66. The number of aromatic nitrogens is 3. The van der Waals surface area contributed by atoms with Gasteiger partial charge in [0.25, 0.3) is 0 Å². The molecule has 0 spiro atoms. The first-order chi connectivity index (χ1) is 28.7. The van der Waals surface area contributed by atoms with Gasteiger partial charge in [-0.05, 0) is 59.7 Å². The SMILES string of the molecule is c1ccc(-c2cc(-c3ccc(-c4ccc5oc6ccc7c(-c8ccccc8)nc8ccccc8c7c6c5c4)cc3)nc(-c3cccc4c3oc3ccccc34)n2)cc1. The lowest BCUT2D eigenvalue weighted by molar-refractivity contribution is 0.669. The minimum absolute atomic E-state index is 0.618. The van der Waals surface area contributed by atoms with Crippen molar-refractivity contribution in [3.05, 3.63) is 188 Å². The molecule has 0 saturated heterocycles. The number of benzene rings is 8. The molecule has 0 saturated carbocycles.